The summed E-state index contributed by atoms with van der Waals surface area (Å²) in [4.78, 5) is 25.5. The lowest BCUT2D eigenvalue weighted by atomic mass is 9.98. The molecule has 1 N–H and O–H groups in total. The molecule has 10 heteroatoms. The van der Waals surface area contributed by atoms with Gasteiger partial charge in [-0.2, -0.15) is 0 Å². The third-order valence-electron chi connectivity index (χ3n) is 5.08. The topological polar surface area (TPSA) is 81.7 Å². The number of benzene rings is 2. The lowest BCUT2D eigenvalue weighted by Crippen LogP contribution is -2.27. The largest absolute Gasteiger partial charge is 0.438 e. The Morgan fingerprint density at radius 3 is 2.63 bits per heavy atom. The minimum absolute atomic E-state index is 0.496. The summed E-state index contributed by atoms with van der Waals surface area (Å²) in [6, 6.07) is 12.9. The van der Waals surface area contributed by atoms with Gasteiger partial charge in [-0.1, -0.05) is 45.7 Å². The number of fused-ring (bicyclic) bond motifs is 1. The van der Waals surface area contributed by atoms with Crippen LogP contribution in [0.4, 0.5) is 0 Å². The van der Waals surface area contributed by atoms with Crippen molar-refractivity contribution in [3.05, 3.63) is 74.7 Å². The van der Waals surface area contributed by atoms with Crippen molar-refractivity contribution in [2.75, 3.05) is 13.5 Å². The molecule has 1 aromatic heterocycles. The highest BCUT2D eigenvalue weighted by Crippen LogP contribution is 2.59. The number of thiophene rings is 1. The van der Waals surface area contributed by atoms with Crippen LogP contribution < -0.4 is 5.32 Å². The van der Waals surface area contributed by atoms with Gasteiger partial charge in [0.2, 0.25) is 13.3 Å². The van der Waals surface area contributed by atoms with Crippen LogP contribution in [-0.4, -0.2) is 25.3 Å². The number of carbonyl (C=O) groups is 2. The number of amides is 1. The van der Waals surface area contributed by atoms with Crippen LogP contribution in [0.5, 0.6) is 0 Å². The van der Waals surface area contributed by atoms with Gasteiger partial charge in [-0.15, -0.1) is 11.3 Å². The molecule has 2 unspecified atom stereocenters. The molecule has 3 aromatic rings. The molecule has 1 heterocycles. The van der Waals surface area contributed by atoms with Crippen molar-refractivity contribution in [3.63, 3.8) is 0 Å². The minimum atomic E-state index is -3.67. The van der Waals surface area contributed by atoms with Crippen LogP contribution in [-0.2, 0) is 23.4 Å². The fraction of sp³-hybridized carbons (Fsp3) is 0.280. The van der Waals surface area contributed by atoms with Crippen molar-refractivity contribution in [1.82, 2.24) is 5.32 Å². The zero-order valence-electron chi connectivity index (χ0n) is 19.7. The van der Waals surface area contributed by atoms with Gasteiger partial charge in [0.15, 0.2) is 6.79 Å². The number of ether oxygens (including phenoxy) is 1. The molecule has 0 aliphatic carbocycles. The highest BCUT2D eigenvalue weighted by atomic mass is 79.9. The third-order valence-corrected chi connectivity index (χ3v) is 9.09. The molecular formula is C25H26BrClNO5PS. The number of rotatable bonds is 8. The first kappa shape index (κ1) is 27.6. The Kier molecular flexibility index (Phi) is 9.00. The lowest BCUT2D eigenvalue weighted by Gasteiger charge is -2.24. The molecule has 2 atom stereocenters. The maximum absolute atomic E-state index is 13.8. The van der Waals surface area contributed by atoms with Gasteiger partial charge in [0.05, 0.1) is 5.41 Å². The van der Waals surface area contributed by atoms with Crippen LogP contribution in [0, 0.1) is 5.41 Å². The molecule has 35 heavy (non-hydrogen) atoms. The molecule has 6 nitrogen and oxygen atoms in total. The third kappa shape index (κ3) is 7.05. The summed E-state index contributed by atoms with van der Waals surface area (Å²) in [6.45, 7) is 5.96. The number of hydrogen-bond donors (Lipinski definition) is 1. The highest BCUT2D eigenvalue weighted by Gasteiger charge is 2.39. The van der Waals surface area contributed by atoms with Gasteiger partial charge in [0, 0.05) is 27.1 Å². The monoisotopic (exact) mass is 597 g/mol. The van der Waals surface area contributed by atoms with Gasteiger partial charge in [0.1, 0.15) is 5.66 Å². The Hall–Kier alpha value is -1.96. The number of hydrogen-bond acceptors (Lipinski definition) is 6. The van der Waals surface area contributed by atoms with Crippen molar-refractivity contribution in [2.45, 2.75) is 26.4 Å². The number of nitrogens with one attached hydrogen (secondary N) is 1. The summed E-state index contributed by atoms with van der Waals surface area (Å²) in [5, 5.41) is 5.72. The van der Waals surface area contributed by atoms with E-state index in [0.717, 1.165) is 20.1 Å². The normalized spacial score (nSPS) is 14.6. The fourth-order valence-corrected chi connectivity index (χ4v) is 6.51. The van der Waals surface area contributed by atoms with Crippen LogP contribution in [0.1, 0.15) is 37.6 Å². The Labute approximate surface area is 222 Å². The number of esters is 1. The molecule has 1 amide bonds. The van der Waals surface area contributed by atoms with Crippen LogP contribution in [0.2, 0.25) is 5.02 Å². The first-order valence-electron chi connectivity index (χ1n) is 10.7. The van der Waals surface area contributed by atoms with Crippen molar-refractivity contribution >= 4 is 74.3 Å². The van der Waals surface area contributed by atoms with E-state index in [1.54, 1.807) is 44.4 Å². The van der Waals surface area contributed by atoms with E-state index in [4.69, 9.17) is 20.9 Å². The van der Waals surface area contributed by atoms with Crippen molar-refractivity contribution in [1.29, 1.82) is 0 Å². The molecule has 0 radical (unpaired) electrons. The second-order valence-electron chi connectivity index (χ2n) is 8.93. The van der Waals surface area contributed by atoms with Gasteiger partial charge in [-0.05, 0) is 73.0 Å². The molecule has 0 aliphatic heterocycles. The molecule has 0 fully saturated rings. The Bertz CT molecular complexity index is 1320. The van der Waals surface area contributed by atoms with E-state index in [1.807, 2.05) is 30.3 Å². The number of halogens is 2. The molecular weight excluding hydrogens is 573 g/mol. The van der Waals surface area contributed by atoms with Crippen LogP contribution >= 0.6 is 46.2 Å². The maximum Gasteiger partial charge on any atom is 0.313 e. The molecule has 0 saturated carbocycles. The van der Waals surface area contributed by atoms with E-state index in [0.29, 0.717) is 10.6 Å². The summed E-state index contributed by atoms with van der Waals surface area (Å²) < 4.78 is 26.2. The lowest BCUT2D eigenvalue weighted by molar-refractivity contribution is -0.159. The van der Waals surface area contributed by atoms with Gasteiger partial charge in [0.25, 0.3) is 0 Å². The summed E-state index contributed by atoms with van der Waals surface area (Å²) in [6.07, 6.45) is 3.23. The Morgan fingerprint density at radius 1 is 1.23 bits per heavy atom. The average Bonchev–Trinajstić information content (AvgIpc) is 3.16. The predicted molar refractivity (Wildman–Crippen MR) is 146 cm³/mol. The zero-order chi connectivity index (χ0) is 25.8. The Balaban J connectivity index is 1.90. The minimum Gasteiger partial charge on any atom is -0.438 e. The van der Waals surface area contributed by atoms with Gasteiger partial charge in [-0.25, -0.2) is 0 Å². The molecule has 0 aliphatic rings. The number of carbonyl (C=O) groups excluding carboxylic acids is 2. The van der Waals surface area contributed by atoms with E-state index in [-0.39, 0.29) is 0 Å². The molecule has 0 bridgehead atoms. The second-order valence-corrected chi connectivity index (χ2v) is 13.7. The standard InChI is InChI=1S/C25H26BrClNO5PS/c1-25(2,3)24(30)32-15-33-34(4,31)22(19-14-35-21-10-9-17(27)13-18(19)21)23(29)28-12-11-16-7-5-6-8-20(16)26/h5-14,22H,15H2,1-4H3,(H,28,29). The summed E-state index contributed by atoms with van der Waals surface area (Å²) in [5.74, 6) is -1.01. The van der Waals surface area contributed by atoms with Gasteiger partial charge < -0.3 is 10.1 Å². The molecule has 0 spiro atoms. The van der Waals surface area contributed by atoms with E-state index < -0.39 is 37.1 Å². The maximum atomic E-state index is 13.8. The van der Waals surface area contributed by atoms with Crippen molar-refractivity contribution in [3.8, 4) is 0 Å². The fourth-order valence-electron chi connectivity index (χ4n) is 3.22. The predicted octanol–water partition coefficient (Wildman–Crippen LogP) is 7.62. The van der Waals surface area contributed by atoms with Crippen LogP contribution in [0.15, 0.2) is 58.5 Å². The SMILES string of the molecule is CC(C)(C)C(=O)OCOP(C)(=O)C(C(=O)NC=Cc1ccccc1Br)c1csc2ccc(Cl)cc12. The van der Waals surface area contributed by atoms with Gasteiger partial charge in [-0.3, -0.25) is 18.7 Å². The molecule has 3 rings (SSSR count). The highest BCUT2D eigenvalue weighted by molar-refractivity contribution is 9.10. The first-order chi connectivity index (χ1) is 16.4. The second kappa shape index (κ2) is 11.4. The van der Waals surface area contributed by atoms with E-state index >= 15 is 0 Å². The van der Waals surface area contributed by atoms with Crippen LogP contribution in [0.25, 0.3) is 16.2 Å². The molecule has 2 aromatic carbocycles. The van der Waals surface area contributed by atoms with Crippen molar-refractivity contribution < 1.29 is 23.4 Å². The van der Waals surface area contributed by atoms with Crippen LogP contribution in [0.3, 0.4) is 0 Å². The zero-order valence-corrected chi connectivity index (χ0v) is 23.8. The van der Waals surface area contributed by atoms with Crippen molar-refractivity contribution in [2.24, 2.45) is 5.41 Å². The smallest absolute Gasteiger partial charge is 0.313 e. The molecule has 186 valence electrons. The average molecular weight is 599 g/mol. The van der Waals surface area contributed by atoms with Gasteiger partial charge >= 0.3 is 5.97 Å². The van der Waals surface area contributed by atoms with E-state index in [1.165, 1.54) is 24.2 Å². The summed E-state index contributed by atoms with van der Waals surface area (Å²) in [5.41, 5.74) is -0.490. The first-order valence-corrected chi connectivity index (χ1v) is 14.9. The van der Waals surface area contributed by atoms with E-state index in [9.17, 15) is 14.2 Å². The van der Waals surface area contributed by atoms with E-state index in [2.05, 4.69) is 21.2 Å². The summed E-state index contributed by atoms with van der Waals surface area (Å²) >= 11 is 11.1. The Morgan fingerprint density at radius 2 is 1.94 bits per heavy atom. The summed E-state index contributed by atoms with van der Waals surface area (Å²) in [7, 11) is -3.67. The quantitative estimate of drug-likeness (QED) is 0.164. The molecule has 0 saturated heterocycles.